The van der Waals surface area contributed by atoms with Crippen molar-refractivity contribution in [2.24, 2.45) is 16.6 Å². The largest absolute Gasteiger partial charge is 0.482 e. The first-order valence-corrected chi connectivity index (χ1v) is 12.7. The van der Waals surface area contributed by atoms with Crippen molar-refractivity contribution in [3.63, 3.8) is 0 Å². The van der Waals surface area contributed by atoms with Gasteiger partial charge in [-0.3, -0.25) is 14.9 Å². The van der Waals surface area contributed by atoms with Crippen LogP contribution in [0.25, 0.3) is 5.70 Å². The second-order valence-electron chi connectivity index (χ2n) is 8.86. The molecular formula is C26H30BrFN6O2. The Morgan fingerprint density at radius 1 is 1.39 bits per heavy atom. The summed E-state index contributed by atoms with van der Waals surface area (Å²) in [5, 5.41) is 13.9. The van der Waals surface area contributed by atoms with Crippen molar-refractivity contribution in [3.8, 4) is 5.75 Å². The topological polar surface area (TPSA) is 111 Å². The van der Waals surface area contributed by atoms with Gasteiger partial charge in [0.25, 0.3) is 0 Å². The van der Waals surface area contributed by atoms with Gasteiger partial charge in [0.15, 0.2) is 11.6 Å². The number of nitrogens with one attached hydrogen (secondary N) is 1. The molecule has 4 N–H and O–H groups in total. The monoisotopic (exact) mass is 556 g/mol. The Kier molecular flexibility index (Phi) is 8.37. The second-order valence-corrected chi connectivity index (χ2v) is 9.78. The van der Waals surface area contributed by atoms with Gasteiger partial charge in [-0.2, -0.15) is 5.10 Å². The van der Waals surface area contributed by atoms with Gasteiger partial charge in [-0.25, -0.2) is 14.9 Å². The minimum absolute atomic E-state index is 0.144. The second kappa shape index (κ2) is 11.7. The van der Waals surface area contributed by atoms with E-state index in [1.165, 1.54) is 31.2 Å². The molecule has 36 heavy (non-hydrogen) atoms. The van der Waals surface area contributed by atoms with Gasteiger partial charge in [0, 0.05) is 59.4 Å². The Labute approximate surface area is 218 Å². The highest BCUT2D eigenvalue weighted by Gasteiger charge is 2.22. The number of hydrogen-bond donors (Lipinski definition) is 3. The van der Waals surface area contributed by atoms with Crippen LogP contribution in [0.1, 0.15) is 49.5 Å². The Bertz CT molecular complexity index is 1270. The molecule has 0 saturated heterocycles. The highest BCUT2D eigenvalue weighted by atomic mass is 79.9. The van der Waals surface area contributed by atoms with E-state index in [1.807, 2.05) is 29.5 Å². The molecule has 0 spiro atoms. The predicted octanol–water partition coefficient (Wildman–Crippen LogP) is 5.53. The summed E-state index contributed by atoms with van der Waals surface area (Å²) in [4.78, 5) is 8.51. The zero-order valence-electron chi connectivity index (χ0n) is 20.3. The van der Waals surface area contributed by atoms with Crippen molar-refractivity contribution in [2.45, 2.75) is 45.8 Å². The summed E-state index contributed by atoms with van der Waals surface area (Å²) in [5.41, 5.74) is 12.3. The van der Waals surface area contributed by atoms with Crippen LogP contribution in [0.4, 0.5) is 10.2 Å². The molecule has 0 aliphatic heterocycles. The number of aliphatic imine (C=N–C) groups is 1. The molecular weight excluding hydrogens is 527 g/mol. The van der Waals surface area contributed by atoms with Crippen molar-refractivity contribution >= 4 is 33.7 Å². The van der Waals surface area contributed by atoms with Crippen LogP contribution in [0.5, 0.6) is 5.75 Å². The fraction of sp³-hybridized carbons (Fsp3) is 0.346. The fourth-order valence-electron chi connectivity index (χ4n) is 3.93. The van der Waals surface area contributed by atoms with E-state index in [0.717, 1.165) is 23.6 Å². The number of halogens is 2. The maximum Gasteiger partial charge on any atom is 0.192 e. The van der Waals surface area contributed by atoms with Gasteiger partial charge in [-0.15, -0.1) is 0 Å². The average Bonchev–Trinajstić information content (AvgIpc) is 3.57. The molecule has 190 valence electrons. The Hall–Kier alpha value is -3.24. The van der Waals surface area contributed by atoms with E-state index in [9.17, 15) is 9.60 Å². The van der Waals surface area contributed by atoms with E-state index >= 15 is 0 Å². The molecule has 1 atom stereocenters. The molecule has 0 amide bonds. The summed E-state index contributed by atoms with van der Waals surface area (Å²) in [6.45, 7) is 5.29. The molecule has 1 aliphatic rings. The number of allylic oxidation sites excluding steroid dienone is 1. The van der Waals surface area contributed by atoms with Gasteiger partial charge in [-0.05, 0) is 83.9 Å². The Morgan fingerprint density at radius 2 is 2.19 bits per heavy atom. The van der Waals surface area contributed by atoms with E-state index in [1.54, 1.807) is 25.3 Å². The number of nitrogens with two attached hydrogens (primary N) is 1. The summed E-state index contributed by atoms with van der Waals surface area (Å²) in [7, 11) is 0. The van der Waals surface area contributed by atoms with Crippen LogP contribution in [0, 0.1) is 11.7 Å². The molecule has 2 heterocycles. The molecule has 10 heteroatoms. The number of ether oxygens (including phenoxy) is 1. The van der Waals surface area contributed by atoms with E-state index < -0.39 is 11.9 Å². The molecule has 8 nitrogen and oxygen atoms in total. The third-order valence-electron chi connectivity index (χ3n) is 5.97. The normalized spacial score (nSPS) is 15.1. The predicted molar refractivity (Wildman–Crippen MR) is 142 cm³/mol. The zero-order valence-corrected chi connectivity index (χ0v) is 21.9. The zero-order chi connectivity index (χ0) is 25.7. The quantitative estimate of drug-likeness (QED) is 0.211. The van der Waals surface area contributed by atoms with E-state index in [-0.39, 0.29) is 5.82 Å². The summed E-state index contributed by atoms with van der Waals surface area (Å²) in [5.74, 6) is 0.762. The van der Waals surface area contributed by atoms with Gasteiger partial charge >= 0.3 is 0 Å². The van der Waals surface area contributed by atoms with Crippen LogP contribution in [0.15, 0.2) is 57.9 Å². The van der Waals surface area contributed by atoms with Gasteiger partial charge in [0.05, 0.1) is 6.20 Å². The standard InChI is InChI=1S/C26H30BrFN6O2/c1-3-30-12-19(8-18-11-32-34(15-18)14-17-4-5-17)25(29)22-7-6-21(28)10-23(22)16(2)36-24-9-20(27)13-31-26(24)33-35/h6-7,9-13,15-17,35H,3-5,8,14,29H2,1-2H3,(H,31,33)/t16-/m1/s1. The van der Waals surface area contributed by atoms with E-state index in [0.29, 0.717) is 40.0 Å². The third kappa shape index (κ3) is 6.50. The van der Waals surface area contributed by atoms with E-state index in [4.69, 9.17) is 10.5 Å². The SMILES string of the molecule is CCN=CC(Cc1cnn(CC2CC2)c1)=C(N)c1ccc(F)cc1[C@@H](C)Oc1cc(Br)cnc1NO. The lowest BCUT2D eigenvalue weighted by Gasteiger charge is -2.21. The maximum absolute atomic E-state index is 14.4. The molecule has 1 aliphatic carbocycles. The number of nitrogens with zero attached hydrogens (tertiary/aromatic N) is 4. The smallest absolute Gasteiger partial charge is 0.192 e. The van der Waals surface area contributed by atoms with Crippen LogP contribution in [-0.2, 0) is 13.0 Å². The van der Waals surface area contributed by atoms with Gasteiger partial charge in [0.1, 0.15) is 11.9 Å². The van der Waals surface area contributed by atoms with Crippen LogP contribution >= 0.6 is 15.9 Å². The Balaban J connectivity index is 1.67. The lowest BCUT2D eigenvalue weighted by atomic mass is 9.96. The minimum atomic E-state index is -0.608. The number of benzene rings is 1. The van der Waals surface area contributed by atoms with Gasteiger partial charge < -0.3 is 10.5 Å². The number of pyridine rings is 1. The number of aromatic nitrogens is 3. The summed E-state index contributed by atoms with van der Waals surface area (Å²) >= 11 is 3.35. The fourth-order valence-corrected chi connectivity index (χ4v) is 4.24. The molecule has 3 aromatic rings. The average molecular weight is 557 g/mol. The van der Waals surface area contributed by atoms with Crippen molar-refractivity contribution < 1.29 is 14.3 Å². The van der Waals surface area contributed by atoms with Gasteiger partial charge in [-0.1, -0.05) is 0 Å². The highest BCUT2D eigenvalue weighted by Crippen LogP contribution is 2.33. The van der Waals surface area contributed by atoms with Crippen molar-refractivity contribution in [2.75, 3.05) is 12.0 Å². The minimum Gasteiger partial charge on any atom is -0.482 e. The van der Waals surface area contributed by atoms with Crippen molar-refractivity contribution in [1.29, 1.82) is 0 Å². The highest BCUT2D eigenvalue weighted by molar-refractivity contribution is 9.10. The lowest BCUT2D eigenvalue weighted by molar-refractivity contribution is 0.224. The molecule has 0 unspecified atom stereocenters. The molecule has 0 radical (unpaired) electrons. The summed E-state index contributed by atoms with van der Waals surface area (Å²) < 4.78 is 23.1. The summed E-state index contributed by atoms with van der Waals surface area (Å²) in [6, 6.07) is 6.11. The molecule has 1 fully saturated rings. The van der Waals surface area contributed by atoms with Crippen molar-refractivity contribution in [1.82, 2.24) is 14.8 Å². The van der Waals surface area contributed by atoms with Crippen LogP contribution in [0.3, 0.4) is 0 Å². The third-order valence-corrected chi connectivity index (χ3v) is 6.40. The lowest BCUT2D eigenvalue weighted by Crippen LogP contribution is -2.13. The first-order valence-electron chi connectivity index (χ1n) is 11.9. The Morgan fingerprint density at radius 3 is 2.92 bits per heavy atom. The number of anilines is 1. The maximum atomic E-state index is 14.4. The molecule has 2 aromatic heterocycles. The van der Waals surface area contributed by atoms with Crippen LogP contribution in [-0.4, -0.2) is 32.7 Å². The molecule has 0 bridgehead atoms. The van der Waals surface area contributed by atoms with Crippen LogP contribution < -0.4 is 16.0 Å². The molecule has 4 rings (SSSR count). The van der Waals surface area contributed by atoms with Crippen molar-refractivity contribution in [3.05, 3.63) is 75.4 Å². The number of rotatable bonds is 11. The molecule has 1 saturated carbocycles. The first kappa shape index (κ1) is 25.8. The first-order chi connectivity index (χ1) is 17.4. The number of hydrogen-bond acceptors (Lipinski definition) is 7. The molecule has 1 aromatic carbocycles. The van der Waals surface area contributed by atoms with Gasteiger partial charge in [0.2, 0.25) is 0 Å². The van der Waals surface area contributed by atoms with Crippen LogP contribution in [0.2, 0.25) is 0 Å². The summed E-state index contributed by atoms with van der Waals surface area (Å²) in [6.07, 6.45) is 9.66. The van der Waals surface area contributed by atoms with E-state index in [2.05, 4.69) is 31.0 Å².